The van der Waals surface area contributed by atoms with E-state index in [2.05, 4.69) is 41.7 Å². The molecule has 6 nitrogen and oxygen atoms in total. The minimum atomic E-state index is 0.561. The van der Waals surface area contributed by atoms with Crippen LogP contribution in [-0.2, 0) is 0 Å². The van der Waals surface area contributed by atoms with Crippen LogP contribution in [0.4, 0.5) is 0 Å². The van der Waals surface area contributed by atoms with E-state index in [1.54, 1.807) is 4.68 Å². The molecule has 7 heteroatoms. The van der Waals surface area contributed by atoms with Gasteiger partial charge in [0.1, 0.15) is 0 Å². The number of hydrogen-bond acceptors (Lipinski definition) is 5. The van der Waals surface area contributed by atoms with Crippen LogP contribution in [0.25, 0.3) is 5.82 Å². The number of aromatic nitrogens is 6. The zero-order valence-corrected chi connectivity index (χ0v) is 9.22. The van der Waals surface area contributed by atoms with Crippen molar-refractivity contribution in [1.29, 1.82) is 0 Å². The molecular formula is C7H7BrN6. The fourth-order valence-corrected chi connectivity index (χ4v) is 1.38. The molecule has 14 heavy (non-hydrogen) atoms. The van der Waals surface area contributed by atoms with Crippen molar-refractivity contribution >= 4 is 15.9 Å². The van der Waals surface area contributed by atoms with Crippen LogP contribution in [0.5, 0.6) is 0 Å². The molecule has 0 fully saturated rings. The predicted octanol–water partition coefficient (Wildman–Crippen LogP) is 0.832. The number of hydrogen-bond donors (Lipinski definition) is 0. The van der Waals surface area contributed by atoms with Gasteiger partial charge in [-0.25, -0.2) is 4.68 Å². The van der Waals surface area contributed by atoms with E-state index < -0.39 is 0 Å². The number of nitrogens with zero attached hydrogens (tertiary/aromatic N) is 6. The minimum Gasteiger partial charge on any atom is -0.215 e. The van der Waals surface area contributed by atoms with E-state index in [0.29, 0.717) is 5.82 Å². The molecule has 0 aliphatic rings. The number of aryl methyl sites for hydroxylation is 1. The Bertz CT molecular complexity index is 451. The predicted molar refractivity (Wildman–Crippen MR) is 51.9 cm³/mol. The van der Waals surface area contributed by atoms with Crippen LogP contribution in [0.3, 0.4) is 0 Å². The van der Waals surface area contributed by atoms with Crippen LogP contribution in [0.1, 0.15) is 11.4 Å². The smallest absolute Gasteiger partial charge is 0.198 e. The van der Waals surface area contributed by atoms with Crippen molar-refractivity contribution in [3.8, 4) is 5.82 Å². The Morgan fingerprint density at radius 2 is 2.07 bits per heavy atom. The Hall–Kier alpha value is -1.37. The second-order valence-electron chi connectivity index (χ2n) is 2.78. The van der Waals surface area contributed by atoms with Gasteiger partial charge in [0, 0.05) is 0 Å². The summed E-state index contributed by atoms with van der Waals surface area (Å²) in [5, 5.41) is 18.6. The third-order valence-corrected chi connectivity index (χ3v) is 2.98. The Balaban J connectivity index is 2.58. The van der Waals surface area contributed by atoms with Gasteiger partial charge in [0.05, 0.1) is 22.1 Å². The quantitative estimate of drug-likeness (QED) is 0.754. The second-order valence-corrected chi connectivity index (χ2v) is 3.57. The van der Waals surface area contributed by atoms with Crippen LogP contribution in [-0.4, -0.2) is 30.4 Å². The van der Waals surface area contributed by atoms with Gasteiger partial charge in [-0.1, -0.05) is 0 Å². The topological polar surface area (TPSA) is 69.4 Å². The average molecular weight is 255 g/mol. The molecule has 2 aromatic heterocycles. The van der Waals surface area contributed by atoms with E-state index in [-0.39, 0.29) is 0 Å². The normalized spacial score (nSPS) is 10.5. The van der Waals surface area contributed by atoms with Gasteiger partial charge in [-0.15, -0.1) is 10.2 Å². The van der Waals surface area contributed by atoms with Gasteiger partial charge < -0.3 is 0 Å². The lowest BCUT2D eigenvalue weighted by molar-refractivity contribution is 0.698. The van der Waals surface area contributed by atoms with Gasteiger partial charge in [-0.05, 0) is 40.2 Å². The highest BCUT2D eigenvalue weighted by Gasteiger charge is 2.11. The molecule has 2 rings (SSSR count). The van der Waals surface area contributed by atoms with Crippen LogP contribution in [0, 0.1) is 13.8 Å². The molecule has 0 saturated carbocycles. The molecule has 0 amide bonds. The molecule has 0 aromatic carbocycles. The van der Waals surface area contributed by atoms with E-state index in [9.17, 15) is 0 Å². The first-order chi connectivity index (χ1) is 6.70. The third-order valence-electron chi connectivity index (χ3n) is 1.83. The highest BCUT2D eigenvalue weighted by molar-refractivity contribution is 9.10. The molecule has 0 aliphatic carbocycles. The summed E-state index contributed by atoms with van der Waals surface area (Å²) in [5.41, 5.74) is 1.87. The van der Waals surface area contributed by atoms with E-state index in [1.165, 1.54) is 6.20 Å². The van der Waals surface area contributed by atoms with Crippen molar-refractivity contribution < 1.29 is 0 Å². The summed E-state index contributed by atoms with van der Waals surface area (Å²) in [4.78, 5) is 0. The Kier molecular flexibility index (Phi) is 2.24. The zero-order chi connectivity index (χ0) is 10.1. The third kappa shape index (κ3) is 1.39. The van der Waals surface area contributed by atoms with Crippen molar-refractivity contribution in [2.24, 2.45) is 0 Å². The molecule has 0 bridgehead atoms. The van der Waals surface area contributed by atoms with Gasteiger partial charge in [-0.3, -0.25) is 0 Å². The van der Waals surface area contributed by atoms with Gasteiger partial charge in [0.25, 0.3) is 0 Å². The molecule has 0 atom stereocenters. The number of halogens is 1. The molecular weight excluding hydrogens is 248 g/mol. The second kappa shape index (κ2) is 3.41. The molecule has 0 unspecified atom stereocenters. The first kappa shape index (κ1) is 9.20. The summed E-state index contributed by atoms with van der Waals surface area (Å²) in [7, 11) is 0. The molecule has 0 spiro atoms. The van der Waals surface area contributed by atoms with Gasteiger partial charge in [-0.2, -0.15) is 5.10 Å². The highest BCUT2D eigenvalue weighted by Crippen LogP contribution is 2.21. The summed E-state index contributed by atoms with van der Waals surface area (Å²) >= 11 is 3.43. The zero-order valence-electron chi connectivity index (χ0n) is 7.64. The molecule has 0 saturated heterocycles. The van der Waals surface area contributed by atoms with Crippen LogP contribution in [0.2, 0.25) is 0 Å². The lowest BCUT2D eigenvalue weighted by atomic mass is 10.4. The Morgan fingerprint density at radius 1 is 1.29 bits per heavy atom. The van der Waals surface area contributed by atoms with Crippen molar-refractivity contribution in [2.45, 2.75) is 13.8 Å². The van der Waals surface area contributed by atoms with Gasteiger partial charge in [0.2, 0.25) is 0 Å². The molecule has 72 valence electrons. The summed E-state index contributed by atoms with van der Waals surface area (Å²) in [6, 6.07) is 0. The molecule has 0 aliphatic heterocycles. The highest BCUT2D eigenvalue weighted by atomic mass is 79.9. The maximum absolute atomic E-state index is 4.28. The SMILES string of the molecule is Cc1nn(-c2cnnnn2)c(C)c1Br. The first-order valence-corrected chi connectivity index (χ1v) is 4.72. The summed E-state index contributed by atoms with van der Waals surface area (Å²) in [6.07, 6.45) is 1.51. The van der Waals surface area contributed by atoms with Crippen LogP contribution in [0.15, 0.2) is 10.7 Å². The lowest BCUT2D eigenvalue weighted by Gasteiger charge is -1.99. The van der Waals surface area contributed by atoms with Crippen molar-refractivity contribution in [1.82, 2.24) is 30.4 Å². The van der Waals surface area contributed by atoms with Crippen molar-refractivity contribution in [3.05, 3.63) is 22.1 Å². The van der Waals surface area contributed by atoms with E-state index >= 15 is 0 Å². The Labute approximate surface area is 88.5 Å². The van der Waals surface area contributed by atoms with E-state index in [4.69, 9.17) is 0 Å². The molecule has 0 N–H and O–H groups in total. The fraction of sp³-hybridized carbons (Fsp3) is 0.286. The Morgan fingerprint density at radius 3 is 2.57 bits per heavy atom. The van der Waals surface area contributed by atoms with E-state index in [0.717, 1.165) is 15.9 Å². The van der Waals surface area contributed by atoms with Crippen LogP contribution < -0.4 is 0 Å². The summed E-state index contributed by atoms with van der Waals surface area (Å²) in [6.45, 7) is 3.85. The van der Waals surface area contributed by atoms with Gasteiger partial charge >= 0.3 is 0 Å². The molecule has 2 aromatic rings. The van der Waals surface area contributed by atoms with Crippen molar-refractivity contribution in [3.63, 3.8) is 0 Å². The van der Waals surface area contributed by atoms with Gasteiger partial charge in [0.15, 0.2) is 5.82 Å². The summed E-state index contributed by atoms with van der Waals surface area (Å²) < 4.78 is 2.64. The van der Waals surface area contributed by atoms with Crippen LogP contribution >= 0.6 is 15.9 Å². The summed E-state index contributed by atoms with van der Waals surface area (Å²) in [5.74, 6) is 0.561. The average Bonchev–Trinajstić information content (AvgIpc) is 2.47. The molecule has 0 radical (unpaired) electrons. The minimum absolute atomic E-state index is 0.561. The maximum Gasteiger partial charge on any atom is 0.198 e. The van der Waals surface area contributed by atoms with E-state index in [1.807, 2.05) is 13.8 Å². The maximum atomic E-state index is 4.28. The standard InChI is InChI=1S/C7H7BrN6/c1-4-7(8)5(2)14(11-4)6-3-9-12-13-10-6/h3H,1-2H3. The fourth-order valence-electron chi connectivity index (χ4n) is 1.14. The monoisotopic (exact) mass is 254 g/mol. The number of rotatable bonds is 1. The lowest BCUT2D eigenvalue weighted by Crippen LogP contribution is -2.05. The molecule has 2 heterocycles. The first-order valence-electron chi connectivity index (χ1n) is 3.93. The van der Waals surface area contributed by atoms with Crippen molar-refractivity contribution in [2.75, 3.05) is 0 Å². The largest absolute Gasteiger partial charge is 0.215 e.